The molecule has 1 N–H and O–H groups in total. The van der Waals surface area contributed by atoms with Crippen LogP contribution in [0.1, 0.15) is 11.6 Å². The second kappa shape index (κ2) is 12.1. The van der Waals surface area contributed by atoms with Crippen molar-refractivity contribution in [3.05, 3.63) is 44.9 Å². The first kappa shape index (κ1) is 24.4. The highest BCUT2D eigenvalue weighted by atomic mass is 32.1. The zero-order chi connectivity index (χ0) is 22.1. The molecule has 1 unspecified atom stereocenters. The van der Waals surface area contributed by atoms with Crippen molar-refractivity contribution >= 4 is 29.0 Å². The lowest BCUT2D eigenvalue weighted by molar-refractivity contribution is -0.143. The Kier molecular flexibility index (Phi) is 9.84. The molecule has 160 valence electrons. The van der Waals surface area contributed by atoms with Gasteiger partial charge in [0.1, 0.15) is 11.8 Å². The van der Waals surface area contributed by atoms with Crippen LogP contribution in [0.2, 0.25) is 0 Å². The monoisotopic (exact) mass is 429 g/mol. The molecule has 6 radical (unpaired) electrons. The van der Waals surface area contributed by atoms with E-state index in [1.165, 1.54) is 7.11 Å². The molecule has 8 nitrogen and oxygen atoms in total. The van der Waals surface area contributed by atoms with E-state index in [4.69, 9.17) is 25.9 Å². The number of methoxy groups -OCH3 is 1. The lowest BCUT2D eigenvalue weighted by Crippen LogP contribution is -2.45. The predicted octanol–water partition coefficient (Wildman–Crippen LogP) is 1.78. The molecule has 30 heavy (non-hydrogen) atoms. The summed E-state index contributed by atoms with van der Waals surface area (Å²) in [6, 6.07) is 4.04. The molecule has 0 aromatic heterocycles. The van der Waals surface area contributed by atoms with Gasteiger partial charge >= 0.3 is 5.97 Å². The summed E-state index contributed by atoms with van der Waals surface area (Å²) in [5, 5.41) is 12.4. The molecule has 1 aliphatic heterocycles. The smallest absolute Gasteiger partial charge is 0.325 e. The summed E-state index contributed by atoms with van der Waals surface area (Å²) in [7, 11) is 19.6. The Bertz CT molecular complexity index is 738. The van der Waals surface area contributed by atoms with Crippen LogP contribution in [0.25, 0.3) is 0 Å². The van der Waals surface area contributed by atoms with E-state index in [2.05, 4.69) is 22.4 Å². The number of benzene rings is 1. The van der Waals surface area contributed by atoms with E-state index in [1.54, 1.807) is 32.9 Å². The Morgan fingerprint density at radius 3 is 2.00 bits per heavy atom. The van der Waals surface area contributed by atoms with Crippen molar-refractivity contribution in [3.63, 3.8) is 0 Å². The van der Waals surface area contributed by atoms with Crippen LogP contribution in [0.5, 0.6) is 5.75 Å². The summed E-state index contributed by atoms with van der Waals surface area (Å²) in [4.78, 5) is 23.1. The number of ether oxygens (including phenoxy) is 1. The molecule has 1 atom stereocenters. The number of rotatable bonds is 5. The number of aliphatic imine (C=N–C) groups is 1. The van der Waals surface area contributed by atoms with Crippen molar-refractivity contribution in [2.45, 2.75) is 6.04 Å². The number of hydrogen-bond donors (Lipinski definition) is 1. The third-order valence-electron chi connectivity index (χ3n) is 4.98. The van der Waals surface area contributed by atoms with Crippen molar-refractivity contribution in [2.75, 3.05) is 59.5 Å². The molecule has 0 amide bonds. The first-order valence-corrected chi connectivity index (χ1v) is 9.98. The number of carboxylic acids is 1. The van der Waals surface area contributed by atoms with Crippen LogP contribution >= 0.6 is 12.2 Å². The molecule has 1 aromatic rings. The first-order valence-electron chi connectivity index (χ1n) is 9.57. The highest BCUT2D eigenvalue weighted by Crippen LogP contribution is 2.33. The third-order valence-corrected chi connectivity index (χ3v) is 5.07. The fourth-order valence-corrected chi connectivity index (χ4v) is 3.38. The third kappa shape index (κ3) is 7.12. The van der Waals surface area contributed by atoms with Crippen molar-refractivity contribution in [3.8, 4) is 5.75 Å². The van der Waals surface area contributed by atoms with Crippen molar-refractivity contribution < 1.29 is 14.6 Å². The maximum absolute atomic E-state index is 12.3. The van der Waals surface area contributed by atoms with Crippen LogP contribution in [0.4, 0.5) is 5.69 Å². The second-order valence-corrected chi connectivity index (χ2v) is 7.20. The molecule has 1 saturated heterocycles. The van der Waals surface area contributed by atoms with Gasteiger partial charge in [-0.2, -0.15) is 4.99 Å². The minimum atomic E-state index is -1.01. The van der Waals surface area contributed by atoms with Crippen LogP contribution in [0, 0.1) is 21.1 Å². The summed E-state index contributed by atoms with van der Waals surface area (Å²) in [5.74, 6) is -0.561. The van der Waals surface area contributed by atoms with Gasteiger partial charge in [-0.05, 0) is 30.4 Å². The van der Waals surface area contributed by atoms with E-state index in [9.17, 15) is 9.90 Å². The van der Waals surface area contributed by atoms with Gasteiger partial charge in [-0.25, -0.2) is 0 Å². The van der Waals surface area contributed by atoms with Gasteiger partial charge < -0.3 is 9.84 Å². The predicted molar refractivity (Wildman–Crippen MR) is 117 cm³/mol. The van der Waals surface area contributed by atoms with Gasteiger partial charge in [-0.3, -0.25) is 24.4 Å². The average Bonchev–Trinajstić information content (AvgIpc) is 2.71. The van der Waals surface area contributed by atoms with Gasteiger partial charge in [0.05, 0.1) is 18.0 Å². The topological polar surface area (TPSA) is 71.8 Å². The van der Waals surface area contributed by atoms with Gasteiger partial charge in [-0.15, -0.1) is 0 Å². The largest absolute Gasteiger partial charge is 0.496 e. The number of thiocarbonyl (C=S) groups is 1. The summed E-state index contributed by atoms with van der Waals surface area (Å²) >= 11 is 4.67. The maximum atomic E-state index is 12.3. The lowest BCUT2D eigenvalue weighted by atomic mass is 10.0. The minimum Gasteiger partial charge on any atom is -0.496 e. The van der Waals surface area contributed by atoms with Gasteiger partial charge in [-0.1, -0.05) is 0 Å². The Balaban J connectivity index is 2.36. The normalized spacial score (nSPS) is 19.9. The quantitative estimate of drug-likeness (QED) is 0.561. The number of carbonyl (C=O) groups is 1. The molecule has 0 saturated carbocycles. The number of carboxylic acid groups (broad SMARTS) is 1. The van der Waals surface area contributed by atoms with E-state index in [1.807, 2.05) is 4.90 Å². The second-order valence-electron chi connectivity index (χ2n) is 7.01. The molecule has 0 bridgehead atoms. The van der Waals surface area contributed by atoms with Crippen LogP contribution in [-0.4, -0.2) is 95.3 Å². The van der Waals surface area contributed by atoms with Gasteiger partial charge in [0.15, 0.2) is 0 Å². The zero-order valence-corrected chi connectivity index (χ0v) is 17.9. The van der Waals surface area contributed by atoms with Gasteiger partial charge in [0.2, 0.25) is 0 Å². The van der Waals surface area contributed by atoms with E-state index < -0.39 is 12.0 Å². The summed E-state index contributed by atoms with van der Waals surface area (Å²) in [6.07, 6.45) is 0. The average molecular weight is 430 g/mol. The molecule has 0 spiro atoms. The fourth-order valence-electron chi connectivity index (χ4n) is 3.28. The molecule has 1 aliphatic rings. The number of nitrogens with zero attached hydrogens (tertiary/aromatic N) is 5. The van der Waals surface area contributed by atoms with E-state index in [0.29, 0.717) is 69.4 Å². The molecular formula is C21H27N5O3S. The van der Waals surface area contributed by atoms with E-state index in [0.717, 1.165) is 0 Å². The van der Waals surface area contributed by atoms with Crippen LogP contribution in [0.3, 0.4) is 0 Å². The van der Waals surface area contributed by atoms with E-state index in [-0.39, 0.29) is 0 Å². The Labute approximate surface area is 184 Å². The highest BCUT2D eigenvalue weighted by molar-refractivity contribution is 7.78. The van der Waals surface area contributed by atoms with Crippen LogP contribution in [0.15, 0.2) is 23.2 Å². The van der Waals surface area contributed by atoms with Gasteiger partial charge in [0, 0.05) is 79.1 Å². The standard InChI is InChI=1S/C21H27N5O3S/c1-23-7-9-24(2)11-13-26(14-12-25(3)10-8-23)20(21(27)28)18-15-17(22-16-30)5-6-19(18)29-4/h1-3,5-6,15,20H,7-14H2,4H3,(H,27,28). The maximum Gasteiger partial charge on any atom is 0.325 e. The minimum absolute atomic E-state index is 0.412. The summed E-state index contributed by atoms with van der Waals surface area (Å²) < 4.78 is 5.42. The molecule has 9 heteroatoms. The highest BCUT2D eigenvalue weighted by Gasteiger charge is 2.31. The fraction of sp³-hybridized carbons (Fsp3) is 0.476. The SMILES string of the molecule is [CH]N1CCN([CH])CCN(C(C(=O)O)c2cc(N=C=S)ccc2OC)CCN([CH])CC1. The Morgan fingerprint density at radius 2 is 1.57 bits per heavy atom. The molecule has 1 aromatic carbocycles. The summed E-state index contributed by atoms with van der Waals surface area (Å²) in [5.41, 5.74) is 0.981. The molecular weight excluding hydrogens is 402 g/mol. The number of hydrogen-bond acceptors (Lipinski definition) is 8. The number of aliphatic carboxylic acids is 1. The van der Waals surface area contributed by atoms with E-state index >= 15 is 0 Å². The zero-order valence-electron chi connectivity index (χ0n) is 17.1. The van der Waals surface area contributed by atoms with Crippen LogP contribution in [-0.2, 0) is 4.79 Å². The first-order chi connectivity index (χ1) is 14.3. The Morgan fingerprint density at radius 1 is 1.07 bits per heavy atom. The number of isothiocyanates is 1. The molecule has 1 heterocycles. The van der Waals surface area contributed by atoms with Crippen molar-refractivity contribution in [1.29, 1.82) is 0 Å². The van der Waals surface area contributed by atoms with Crippen molar-refractivity contribution in [1.82, 2.24) is 19.6 Å². The summed E-state index contributed by atoms with van der Waals surface area (Å²) in [6.45, 7) is 4.01. The van der Waals surface area contributed by atoms with Gasteiger partial charge in [0.25, 0.3) is 0 Å². The molecule has 0 aliphatic carbocycles. The molecule has 2 rings (SSSR count). The Hall–Kier alpha value is -1.87. The van der Waals surface area contributed by atoms with Crippen molar-refractivity contribution in [2.24, 2.45) is 4.99 Å². The molecule has 1 fully saturated rings. The van der Waals surface area contributed by atoms with Crippen LogP contribution < -0.4 is 4.74 Å². The lowest BCUT2D eigenvalue weighted by Gasteiger charge is -2.34.